The van der Waals surface area contributed by atoms with E-state index in [1.54, 1.807) is 0 Å². The van der Waals surface area contributed by atoms with Crippen molar-refractivity contribution in [3.63, 3.8) is 0 Å². The predicted molar refractivity (Wildman–Crippen MR) is 125 cm³/mol. The summed E-state index contributed by atoms with van der Waals surface area (Å²) in [6.07, 6.45) is 0.666. The molecule has 150 valence electrons. The normalized spacial score (nSPS) is 12.2. The molecule has 4 rings (SSSR count). The second-order valence-electron chi connectivity index (χ2n) is 7.25. The SMILES string of the molecule is CC(C)n1nc(-c2ccccc2[C@@H](N)Cc2cccc(Br)n2)c2ccccc21.Cl. The van der Waals surface area contributed by atoms with Crippen LogP contribution in [0.3, 0.4) is 0 Å². The minimum atomic E-state index is -0.166. The number of nitrogens with zero attached hydrogens (tertiary/aromatic N) is 3. The maximum atomic E-state index is 6.64. The number of aromatic nitrogens is 3. The van der Waals surface area contributed by atoms with E-state index in [1.807, 2.05) is 30.3 Å². The molecule has 0 aliphatic carbocycles. The number of pyridine rings is 1. The summed E-state index contributed by atoms with van der Waals surface area (Å²) in [5, 5.41) is 6.11. The zero-order valence-electron chi connectivity index (χ0n) is 16.4. The molecule has 6 heteroatoms. The number of hydrogen-bond donors (Lipinski definition) is 1. The average molecular weight is 472 g/mol. The highest BCUT2D eigenvalue weighted by molar-refractivity contribution is 9.10. The molecule has 2 heterocycles. The first-order valence-electron chi connectivity index (χ1n) is 9.48. The molecule has 4 aromatic rings. The van der Waals surface area contributed by atoms with Gasteiger partial charge in [0.05, 0.1) is 5.52 Å². The molecule has 0 spiro atoms. The van der Waals surface area contributed by atoms with Crippen LogP contribution < -0.4 is 5.73 Å². The molecule has 4 nitrogen and oxygen atoms in total. The van der Waals surface area contributed by atoms with E-state index in [0.29, 0.717) is 6.42 Å². The number of fused-ring (bicyclic) bond motifs is 1. The Labute approximate surface area is 185 Å². The maximum Gasteiger partial charge on any atom is 0.106 e. The first-order chi connectivity index (χ1) is 13.5. The number of hydrogen-bond acceptors (Lipinski definition) is 3. The molecule has 0 amide bonds. The smallest absolute Gasteiger partial charge is 0.106 e. The van der Waals surface area contributed by atoms with Gasteiger partial charge in [-0.15, -0.1) is 12.4 Å². The third-order valence-corrected chi connectivity index (χ3v) is 5.36. The van der Waals surface area contributed by atoms with Crippen molar-refractivity contribution in [2.45, 2.75) is 32.4 Å². The molecule has 2 aromatic heterocycles. The number of benzene rings is 2. The summed E-state index contributed by atoms with van der Waals surface area (Å²) in [5.74, 6) is 0. The Bertz CT molecular complexity index is 1120. The van der Waals surface area contributed by atoms with E-state index < -0.39 is 0 Å². The molecule has 0 unspecified atom stereocenters. The van der Waals surface area contributed by atoms with Crippen molar-refractivity contribution in [3.05, 3.63) is 82.6 Å². The highest BCUT2D eigenvalue weighted by Gasteiger charge is 2.19. The van der Waals surface area contributed by atoms with Gasteiger partial charge in [0.15, 0.2) is 0 Å². The van der Waals surface area contributed by atoms with E-state index in [1.165, 1.54) is 0 Å². The van der Waals surface area contributed by atoms with E-state index in [0.717, 1.165) is 38.0 Å². The van der Waals surface area contributed by atoms with Crippen LogP contribution in [0.2, 0.25) is 0 Å². The maximum absolute atomic E-state index is 6.64. The Kier molecular flexibility index (Phi) is 6.73. The number of para-hydroxylation sites is 1. The van der Waals surface area contributed by atoms with Crippen molar-refractivity contribution in [1.29, 1.82) is 0 Å². The van der Waals surface area contributed by atoms with Gasteiger partial charge in [0.2, 0.25) is 0 Å². The van der Waals surface area contributed by atoms with E-state index in [2.05, 4.69) is 75.8 Å². The zero-order chi connectivity index (χ0) is 19.7. The Hall–Kier alpha value is -2.21. The molecule has 0 aliphatic rings. The first-order valence-corrected chi connectivity index (χ1v) is 10.3. The monoisotopic (exact) mass is 470 g/mol. The molecule has 29 heavy (non-hydrogen) atoms. The van der Waals surface area contributed by atoms with Gasteiger partial charge in [0.25, 0.3) is 0 Å². The highest BCUT2D eigenvalue weighted by atomic mass is 79.9. The van der Waals surface area contributed by atoms with Crippen LogP contribution in [0, 0.1) is 0 Å². The molecule has 0 saturated heterocycles. The minimum absolute atomic E-state index is 0. The van der Waals surface area contributed by atoms with Gasteiger partial charge in [-0.05, 0) is 53.5 Å². The topological polar surface area (TPSA) is 56.7 Å². The molecule has 0 fully saturated rings. The number of nitrogens with two attached hydrogens (primary N) is 1. The molecule has 2 N–H and O–H groups in total. The Morgan fingerprint density at radius 1 is 0.966 bits per heavy atom. The standard InChI is InChI=1S/C23H23BrN4.ClH/c1-15(2)28-21-12-6-5-11-19(21)23(27-28)18-10-4-3-9-17(18)20(25)14-16-8-7-13-22(24)26-16;/h3-13,15,20H,14,25H2,1-2H3;1H/t20-;/m0./s1. The molecule has 0 saturated carbocycles. The average Bonchev–Trinajstić information content (AvgIpc) is 3.08. The van der Waals surface area contributed by atoms with Gasteiger partial charge in [-0.25, -0.2) is 4.98 Å². The van der Waals surface area contributed by atoms with E-state index in [-0.39, 0.29) is 24.5 Å². The van der Waals surface area contributed by atoms with Crippen molar-refractivity contribution < 1.29 is 0 Å². The fraction of sp³-hybridized carbons (Fsp3) is 0.217. The fourth-order valence-electron chi connectivity index (χ4n) is 3.62. The Balaban J connectivity index is 0.00000240. The van der Waals surface area contributed by atoms with Crippen LogP contribution in [-0.4, -0.2) is 14.8 Å². The van der Waals surface area contributed by atoms with Crippen LogP contribution >= 0.6 is 28.3 Å². The quantitative estimate of drug-likeness (QED) is 0.357. The summed E-state index contributed by atoms with van der Waals surface area (Å²) in [6.45, 7) is 4.31. The third kappa shape index (κ3) is 4.37. The van der Waals surface area contributed by atoms with Gasteiger partial charge in [-0.3, -0.25) is 4.68 Å². The number of rotatable bonds is 5. The summed E-state index contributed by atoms with van der Waals surface area (Å²) < 4.78 is 2.91. The Morgan fingerprint density at radius 2 is 1.69 bits per heavy atom. The molecular formula is C23H24BrClN4. The Morgan fingerprint density at radius 3 is 2.45 bits per heavy atom. The van der Waals surface area contributed by atoms with Crippen molar-refractivity contribution >= 4 is 39.2 Å². The van der Waals surface area contributed by atoms with Crippen LogP contribution in [0.15, 0.2) is 71.3 Å². The van der Waals surface area contributed by atoms with Crippen LogP contribution in [0.1, 0.15) is 37.2 Å². The molecular weight excluding hydrogens is 448 g/mol. The van der Waals surface area contributed by atoms with E-state index >= 15 is 0 Å². The lowest BCUT2D eigenvalue weighted by atomic mass is 9.94. The lowest BCUT2D eigenvalue weighted by Gasteiger charge is -2.16. The van der Waals surface area contributed by atoms with Crippen molar-refractivity contribution in [1.82, 2.24) is 14.8 Å². The van der Waals surface area contributed by atoms with E-state index in [9.17, 15) is 0 Å². The van der Waals surface area contributed by atoms with Crippen LogP contribution in [0.5, 0.6) is 0 Å². The largest absolute Gasteiger partial charge is 0.324 e. The molecule has 0 aliphatic heterocycles. The number of halogens is 2. The van der Waals surface area contributed by atoms with Crippen molar-refractivity contribution in [2.75, 3.05) is 0 Å². The van der Waals surface area contributed by atoms with Gasteiger partial charge < -0.3 is 5.73 Å². The van der Waals surface area contributed by atoms with Crippen LogP contribution in [-0.2, 0) is 6.42 Å². The van der Waals surface area contributed by atoms with Gasteiger partial charge in [-0.2, -0.15) is 5.10 Å². The van der Waals surface area contributed by atoms with E-state index in [4.69, 9.17) is 10.8 Å². The van der Waals surface area contributed by atoms with Crippen LogP contribution in [0.25, 0.3) is 22.2 Å². The molecule has 2 aromatic carbocycles. The second-order valence-corrected chi connectivity index (χ2v) is 8.07. The zero-order valence-corrected chi connectivity index (χ0v) is 18.8. The predicted octanol–water partition coefficient (Wildman–Crippen LogP) is 6.11. The van der Waals surface area contributed by atoms with Crippen LogP contribution in [0.4, 0.5) is 0 Å². The van der Waals surface area contributed by atoms with Crippen molar-refractivity contribution in [2.24, 2.45) is 5.73 Å². The highest BCUT2D eigenvalue weighted by Crippen LogP contribution is 2.34. The molecule has 1 atom stereocenters. The van der Waals surface area contributed by atoms with Gasteiger partial charge in [-0.1, -0.05) is 48.5 Å². The summed E-state index contributed by atoms with van der Waals surface area (Å²) in [5.41, 5.74) is 11.9. The minimum Gasteiger partial charge on any atom is -0.324 e. The van der Waals surface area contributed by atoms with Gasteiger partial charge >= 0.3 is 0 Å². The van der Waals surface area contributed by atoms with Gasteiger partial charge in [0.1, 0.15) is 10.3 Å². The second kappa shape index (κ2) is 9.08. The first kappa shape index (κ1) is 21.5. The molecule has 0 bridgehead atoms. The molecule has 0 radical (unpaired) electrons. The fourth-order valence-corrected chi connectivity index (χ4v) is 4.00. The third-order valence-electron chi connectivity index (χ3n) is 4.92. The lowest BCUT2D eigenvalue weighted by Crippen LogP contribution is -2.15. The summed E-state index contributed by atoms with van der Waals surface area (Å²) >= 11 is 3.44. The summed E-state index contributed by atoms with van der Waals surface area (Å²) in [6, 6.07) is 22.7. The lowest BCUT2D eigenvalue weighted by molar-refractivity contribution is 0.552. The van der Waals surface area contributed by atoms with Crippen molar-refractivity contribution in [3.8, 4) is 11.3 Å². The summed E-state index contributed by atoms with van der Waals surface area (Å²) in [4.78, 5) is 4.54. The van der Waals surface area contributed by atoms with Gasteiger partial charge in [0, 0.05) is 35.1 Å². The summed E-state index contributed by atoms with van der Waals surface area (Å²) in [7, 11) is 0.